The van der Waals surface area contributed by atoms with Crippen molar-refractivity contribution in [3.8, 4) is 0 Å². The maximum Gasteiger partial charge on any atom is 0.224 e. The number of amides is 1. The zero-order chi connectivity index (χ0) is 15.4. The monoisotopic (exact) mass is 325 g/mol. The van der Waals surface area contributed by atoms with Crippen LogP contribution in [-0.4, -0.2) is 11.7 Å². The fourth-order valence-corrected chi connectivity index (χ4v) is 2.79. The molecule has 0 saturated carbocycles. The van der Waals surface area contributed by atoms with Crippen molar-refractivity contribution >= 4 is 40.3 Å². The first kappa shape index (κ1) is 15.7. The minimum absolute atomic E-state index is 0.0590. The molecule has 0 aliphatic heterocycles. The lowest BCUT2D eigenvalue weighted by atomic mass is 10.2. The lowest BCUT2D eigenvalue weighted by molar-refractivity contribution is -0.116. The Morgan fingerprint density at radius 2 is 2.00 bits per heavy atom. The summed E-state index contributed by atoms with van der Waals surface area (Å²) in [4.78, 5) is 25.4. The van der Waals surface area contributed by atoms with E-state index >= 15 is 0 Å². The molecule has 3 nitrogen and oxygen atoms in total. The quantitative estimate of drug-likeness (QED) is 0.825. The molecule has 2 aromatic rings. The van der Waals surface area contributed by atoms with Crippen LogP contribution in [0, 0.1) is 12.7 Å². The summed E-state index contributed by atoms with van der Waals surface area (Å²) in [5.41, 5.74) is 0.336. The second-order valence-corrected chi connectivity index (χ2v) is 6.20. The van der Waals surface area contributed by atoms with E-state index in [2.05, 4.69) is 5.32 Å². The topological polar surface area (TPSA) is 46.2 Å². The number of hydrogen-bond donors (Lipinski definition) is 1. The molecule has 0 fully saturated rings. The molecule has 6 heteroatoms. The third-order valence-electron chi connectivity index (χ3n) is 2.80. The lowest BCUT2D eigenvalue weighted by Crippen LogP contribution is -2.13. The Morgan fingerprint density at radius 3 is 2.62 bits per heavy atom. The van der Waals surface area contributed by atoms with E-state index in [1.807, 2.05) is 13.0 Å². The predicted molar refractivity (Wildman–Crippen MR) is 82.7 cm³/mol. The molecule has 1 aromatic carbocycles. The largest absolute Gasteiger partial charge is 0.325 e. The van der Waals surface area contributed by atoms with E-state index in [0.29, 0.717) is 10.6 Å². The van der Waals surface area contributed by atoms with E-state index in [4.69, 9.17) is 11.6 Å². The van der Waals surface area contributed by atoms with Crippen molar-refractivity contribution in [1.29, 1.82) is 0 Å². The number of Topliss-reactive ketones (excluding diaryl/α,β-unsaturated/α-hetero) is 1. The number of ketones is 1. The maximum atomic E-state index is 12.9. The van der Waals surface area contributed by atoms with Gasteiger partial charge >= 0.3 is 0 Å². The molecule has 0 unspecified atom stereocenters. The Kier molecular flexibility index (Phi) is 5.09. The maximum absolute atomic E-state index is 12.9. The molecule has 1 aromatic heterocycles. The fraction of sp³-hybridized carbons (Fsp3) is 0.200. The first-order valence-electron chi connectivity index (χ1n) is 6.30. The summed E-state index contributed by atoms with van der Waals surface area (Å²) in [6, 6.07) is 7.35. The van der Waals surface area contributed by atoms with Gasteiger partial charge in [-0.15, -0.1) is 11.3 Å². The van der Waals surface area contributed by atoms with Crippen molar-refractivity contribution in [2.45, 2.75) is 19.8 Å². The number of halogens is 2. The van der Waals surface area contributed by atoms with Gasteiger partial charge < -0.3 is 5.32 Å². The number of hydrogen-bond acceptors (Lipinski definition) is 3. The lowest BCUT2D eigenvalue weighted by Gasteiger charge is -2.06. The molecule has 2 rings (SSSR count). The number of nitrogens with one attached hydrogen (secondary N) is 1. The van der Waals surface area contributed by atoms with Crippen LogP contribution in [0.15, 0.2) is 30.3 Å². The zero-order valence-corrected chi connectivity index (χ0v) is 12.9. The van der Waals surface area contributed by atoms with Gasteiger partial charge in [-0.05, 0) is 37.3 Å². The van der Waals surface area contributed by atoms with Crippen molar-refractivity contribution < 1.29 is 14.0 Å². The van der Waals surface area contributed by atoms with E-state index in [-0.39, 0.29) is 29.6 Å². The van der Waals surface area contributed by atoms with E-state index < -0.39 is 5.82 Å². The Hall–Kier alpha value is -1.72. The molecule has 1 N–H and O–H groups in total. The first-order valence-corrected chi connectivity index (χ1v) is 7.49. The van der Waals surface area contributed by atoms with Gasteiger partial charge in [0.25, 0.3) is 0 Å². The highest BCUT2D eigenvalue weighted by Gasteiger charge is 2.12. The molecule has 0 aliphatic rings. The second kappa shape index (κ2) is 6.83. The van der Waals surface area contributed by atoms with E-state index in [0.717, 1.165) is 10.9 Å². The van der Waals surface area contributed by atoms with Gasteiger partial charge in [-0.3, -0.25) is 9.59 Å². The van der Waals surface area contributed by atoms with E-state index in [1.54, 1.807) is 6.07 Å². The van der Waals surface area contributed by atoms with Gasteiger partial charge in [0.1, 0.15) is 5.82 Å². The van der Waals surface area contributed by atoms with Gasteiger partial charge in [0, 0.05) is 17.7 Å². The summed E-state index contributed by atoms with van der Waals surface area (Å²) in [6.45, 7) is 1.92. The van der Waals surface area contributed by atoms with Crippen molar-refractivity contribution in [3.05, 3.63) is 50.9 Å². The van der Waals surface area contributed by atoms with Crippen LogP contribution in [0.4, 0.5) is 10.1 Å². The minimum atomic E-state index is -0.471. The van der Waals surface area contributed by atoms with Gasteiger partial charge in [0.15, 0.2) is 5.78 Å². The highest BCUT2D eigenvalue weighted by Crippen LogP contribution is 2.23. The van der Waals surface area contributed by atoms with Crippen LogP contribution in [0.1, 0.15) is 27.4 Å². The van der Waals surface area contributed by atoms with E-state index in [1.165, 1.54) is 23.5 Å². The summed E-state index contributed by atoms with van der Waals surface area (Å²) in [5, 5.41) is 2.69. The zero-order valence-electron chi connectivity index (χ0n) is 11.3. The number of carbonyl (C=O) groups is 2. The summed E-state index contributed by atoms with van der Waals surface area (Å²) in [5.74, 6) is -0.861. The molecular weight excluding hydrogens is 313 g/mol. The van der Waals surface area contributed by atoms with Crippen LogP contribution in [0.3, 0.4) is 0 Å². The normalized spacial score (nSPS) is 10.4. The van der Waals surface area contributed by atoms with Gasteiger partial charge in [0.05, 0.1) is 15.6 Å². The molecule has 0 spiro atoms. The molecule has 0 saturated heterocycles. The first-order chi connectivity index (χ1) is 9.95. The number of aryl methyl sites for hydroxylation is 1. The van der Waals surface area contributed by atoms with Gasteiger partial charge in [0.2, 0.25) is 5.91 Å². The van der Waals surface area contributed by atoms with Crippen LogP contribution in [0.5, 0.6) is 0 Å². The number of thiophene rings is 1. The molecular formula is C15H13ClFNO2S. The van der Waals surface area contributed by atoms with Gasteiger partial charge in [-0.25, -0.2) is 4.39 Å². The smallest absolute Gasteiger partial charge is 0.224 e. The van der Waals surface area contributed by atoms with Crippen molar-refractivity contribution in [3.63, 3.8) is 0 Å². The average Bonchev–Trinajstić information content (AvgIpc) is 2.86. The summed E-state index contributed by atoms with van der Waals surface area (Å²) in [6.07, 6.45) is 0.189. The van der Waals surface area contributed by atoms with Crippen LogP contribution < -0.4 is 5.32 Å². The summed E-state index contributed by atoms with van der Waals surface area (Å²) >= 11 is 7.23. The fourth-order valence-electron chi connectivity index (χ4n) is 1.74. The standard InChI is InChI=1S/C15H13ClFNO2S/c1-9-2-6-14(21-9)13(19)5-7-15(20)18-12-4-3-10(17)8-11(12)16/h2-4,6,8H,5,7H2,1H3,(H,18,20). The van der Waals surface area contributed by atoms with Crippen LogP contribution >= 0.6 is 22.9 Å². The van der Waals surface area contributed by atoms with Crippen molar-refractivity contribution in [2.24, 2.45) is 0 Å². The van der Waals surface area contributed by atoms with Crippen molar-refractivity contribution in [1.82, 2.24) is 0 Å². The number of rotatable bonds is 5. The highest BCUT2D eigenvalue weighted by atomic mass is 35.5. The predicted octanol–water partition coefficient (Wildman–Crippen LogP) is 4.45. The summed E-state index contributed by atoms with van der Waals surface area (Å²) in [7, 11) is 0. The number of benzene rings is 1. The molecule has 0 radical (unpaired) electrons. The second-order valence-electron chi connectivity index (χ2n) is 4.51. The number of carbonyl (C=O) groups excluding carboxylic acids is 2. The molecule has 1 heterocycles. The molecule has 1 amide bonds. The third kappa shape index (κ3) is 4.37. The Labute approximate surface area is 130 Å². The average molecular weight is 326 g/mol. The van der Waals surface area contributed by atoms with Crippen LogP contribution in [0.25, 0.3) is 0 Å². The molecule has 0 bridgehead atoms. The highest BCUT2D eigenvalue weighted by molar-refractivity contribution is 7.14. The van der Waals surface area contributed by atoms with Gasteiger partial charge in [-0.2, -0.15) is 0 Å². The van der Waals surface area contributed by atoms with E-state index in [9.17, 15) is 14.0 Å². The van der Waals surface area contributed by atoms with Crippen molar-refractivity contribution in [2.75, 3.05) is 5.32 Å². The van der Waals surface area contributed by atoms with Gasteiger partial charge in [-0.1, -0.05) is 11.6 Å². The number of anilines is 1. The van der Waals surface area contributed by atoms with Crippen LogP contribution in [0.2, 0.25) is 5.02 Å². The SMILES string of the molecule is Cc1ccc(C(=O)CCC(=O)Nc2ccc(F)cc2Cl)s1. The third-order valence-corrected chi connectivity index (χ3v) is 4.15. The summed E-state index contributed by atoms with van der Waals surface area (Å²) < 4.78 is 12.9. The Morgan fingerprint density at radius 1 is 1.24 bits per heavy atom. The minimum Gasteiger partial charge on any atom is -0.325 e. The molecule has 0 aliphatic carbocycles. The molecule has 110 valence electrons. The molecule has 21 heavy (non-hydrogen) atoms. The van der Waals surface area contributed by atoms with Crippen LogP contribution in [-0.2, 0) is 4.79 Å². The molecule has 0 atom stereocenters. The Bertz CT molecular complexity index is 684. The Balaban J connectivity index is 1.89.